The molecule has 2 saturated carbocycles. The van der Waals surface area contributed by atoms with Crippen LogP contribution >= 0.6 is 23.2 Å². The maximum Gasteiger partial charge on any atom is 0.0540 e. The fourth-order valence-electron chi connectivity index (χ4n) is 4.06. The zero-order chi connectivity index (χ0) is 9.45. The van der Waals surface area contributed by atoms with Gasteiger partial charge in [-0.2, -0.15) is 0 Å². The number of hydrogen-bond acceptors (Lipinski definition) is 0. The molecule has 5 aliphatic rings. The molecule has 0 aliphatic heterocycles. The minimum absolute atomic E-state index is 0.217. The van der Waals surface area contributed by atoms with Crippen molar-refractivity contribution in [1.29, 1.82) is 0 Å². The molecule has 0 aromatic carbocycles. The maximum atomic E-state index is 6.31. The molecule has 0 N–H and O–H groups in total. The van der Waals surface area contributed by atoms with Crippen molar-refractivity contribution in [2.45, 2.75) is 10.8 Å². The van der Waals surface area contributed by atoms with E-state index in [4.69, 9.17) is 23.2 Å². The summed E-state index contributed by atoms with van der Waals surface area (Å²) in [6.45, 7) is 0. The third-order valence-corrected chi connectivity index (χ3v) is 6.07. The van der Waals surface area contributed by atoms with Crippen molar-refractivity contribution in [3.8, 4) is 0 Å². The summed E-state index contributed by atoms with van der Waals surface area (Å²) in [5.41, 5.74) is 0. The molecule has 74 valence electrons. The van der Waals surface area contributed by atoms with Crippen LogP contribution in [0.25, 0.3) is 0 Å². The molecule has 0 spiro atoms. The summed E-state index contributed by atoms with van der Waals surface area (Å²) in [4.78, 5) is 0. The fourth-order valence-corrected chi connectivity index (χ4v) is 5.07. The topological polar surface area (TPSA) is 0 Å². The number of rotatable bonds is 0. The predicted octanol–water partition coefficient (Wildman–Crippen LogP) is 3.07. The highest BCUT2D eigenvalue weighted by molar-refractivity contribution is 6.31. The zero-order valence-electron chi connectivity index (χ0n) is 7.68. The van der Waals surface area contributed by atoms with Crippen LogP contribution in [0, 0.1) is 35.5 Å². The van der Waals surface area contributed by atoms with E-state index in [0.29, 0.717) is 23.7 Å². The summed E-state index contributed by atoms with van der Waals surface area (Å²) in [6, 6.07) is 0. The van der Waals surface area contributed by atoms with Crippen LogP contribution in [0.1, 0.15) is 0 Å². The van der Waals surface area contributed by atoms with Gasteiger partial charge < -0.3 is 0 Å². The molecule has 2 fully saturated rings. The first-order chi connectivity index (χ1) is 6.79. The van der Waals surface area contributed by atoms with Gasteiger partial charge in [-0.3, -0.25) is 0 Å². The molecule has 0 nitrogen and oxygen atoms in total. The molecule has 2 heteroatoms. The lowest BCUT2D eigenvalue weighted by atomic mass is 9.44. The Hall–Kier alpha value is 0.0600. The predicted molar refractivity (Wildman–Crippen MR) is 58.5 cm³/mol. The smallest absolute Gasteiger partial charge is 0.0540 e. The maximum absolute atomic E-state index is 6.31. The van der Waals surface area contributed by atoms with Crippen LogP contribution in [-0.2, 0) is 0 Å². The van der Waals surface area contributed by atoms with E-state index in [0.717, 1.165) is 11.8 Å². The van der Waals surface area contributed by atoms with E-state index < -0.39 is 0 Å². The van der Waals surface area contributed by atoms with Crippen LogP contribution in [0.3, 0.4) is 0 Å². The summed E-state index contributed by atoms with van der Waals surface area (Å²) in [7, 11) is 0. The first-order valence-electron chi connectivity index (χ1n) is 5.44. The minimum Gasteiger partial charge on any atom is -0.121 e. The van der Waals surface area contributed by atoms with Crippen molar-refractivity contribution in [2.24, 2.45) is 35.5 Å². The quantitative estimate of drug-likeness (QED) is 0.440. The van der Waals surface area contributed by atoms with Crippen LogP contribution in [0.2, 0.25) is 0 Å². The average Bonchev–Trinajstić information content (AvgIpc) is 2.15. The summed E-state index contributed by atoms with van der Waals surface area (Å²) in [5, 5.41) is 0.433. The number of halogens is 2. The molecule has 0 radical (unpaired) electrons. The SMILES string of the molecule is ClC1C(Cl)C2C3C=CC(C4C=CC43)C12. The average molecular weight is 227 g/mol. The molecule has 5 aliphatic carbocycles. The van der Waals surface area contributed by atoms with Gasteiger partial charge in [0.1, 0.15) is 0 Å². The summed E-state index contributed by atoms with van der Waals surface area (Å²) < 4.78 is 0. The van der Waals surface area contributed by atoms with Crippen molar-refractivity contribution >= 4 is 23.2 Å². The Labute approximate surface area is 94.0 Å². The lowest BCUT2D eigenvalue weighted by molar-refractivity contribution is -0.0256. The Morgan fingerprint density at radius 2 is 0.929 bits per heavy atom. The summed E-state index contributed by atoms with van der Waals surface area (Å²) in [5.74, 6) is 4.30. The van der Waals surface area contributed by atoms with Gasteiger partial charge in [-0.25, -0.2) is 0 Å². The van der Waals surface area contributed by atoms with Gasteiger partial charge in [0.2, 0.25) is 0 Å². The Bertz CT molecular complexity index is 314. The van der Waals surface area contributed by atoms with Crippen LogP contribution in [-0.4, -0.2) is 10.8 Å². The van der Waals surface area contributed by atoms with Crippen LogP contribution in [0.5, 0.6) is 0 Å². The second-order valence-corrected chi connectivity index (χ2v) is 6.13. The molecule has 2 bridgehead atoms. The van der Waals surface area contributed by atoms with Gasteiger partial charge in [0.05, 0.1) is 10.8 Å². The van der Waals surface area contributed by atoms with Crippen molar-refractivity contribution in [1.82, 2.24) is 0 Å². The highest BCUT2D eigenvalue weighted by Gasteiger charge is 2.63. The molecular weight excluding hydrogens is 215 g/mol. The van der Waals surface area contributed by atoms with E-state index >= 15 is 0 Å². The van der Waals surface area contributed by atoms with Gasteiger partial charge in [0.15, 0.2) is 0 Å². The summed E-state index contributed by atoms with van der Waals surface area (Å²) in [6.07, 6.45) is 9.53. The van der Waals surface area contributed by atoms with Crippen LogP contribution < -0.4 is 0 Å². The lowest BCUT2D eigenvalue weighted by Gasteiger charge is -2.64. The van der Waals surface area contributed by atoms with Gasteiger partial charge in [0.25, 0.3) is 0 Å². The van der Waals surface area contributed by atoms with Gasteiger partial charge >= 0.3 is 0 Å². The number of alkyl halides is 2. The molecule has 0 heterocycles. The lowest BCUT2D eigenvalue weighted by Crippen LogP contribution is -2.64. The number of allylic oxidation sites excluding steroid dienone is 4. The Kier molecular flexibility index (Phi) is 1.42. The Morgan fingerprint density at radius 1 is 0.571 bits per heavy atom. The molecule has 0 saturated heterocycles. The van der Waals surface area contributed by atoms with E-state index in [1.807, 2.05) is 0 Å². The highest BCUT2D eigenvalue weighted by Crippen LogP contribution is 2.64. The minimum atomic E-state index is 0.217. The molecule has 8 atom stereocenters. The molecule has 8 unspecified atom stereocenters. The van der Waals surface area contributed by atoms with Gasteiger partial charge in [0, 0.05) is 0 Å². The second-order valence-electron chi connectivity index (χ2n) is 5.12. The second kappa shape index (κ2) is 2.41. The highest BCUT2D eigenvalue weighted by atomic mass is 35.5. The van der Waals surface area contributed by atoms with Crippen LogP contribution in [0.15, 0.2) is 24.3 Å². The largest absolute Gasteiger partial charge is 0.121 e. The van der Waals surface area contributed by atoms with Crippen molar-refractivity contribution in [3.05, 3.63) is 24.3 Å². The van der Waals surface area contributed by atoms with Crippen molar-refractivity contribution in [3.63, 3.8) is 0 Å². The van der Waals surface area contributed by atoms with E-state index in [-0.39, 0.29) is 10.8 Å². The third kappa shape index (κ3) is 0.695. The molecule has 0 amide bonds. The van der Waals surface area contributed by atoms with Crippen molar-refractivity contribution in [2.75, 3.05) is 0 Å². The normalized spacial score (nSPS) is 66.7. The van der Waals surface area contributed by atoms with E-state index in [9.17, 15) is 0 Å². The van der Waals surface area contributed by atoms with Crippen LogP contribution in [0.4, 0.5) is 0 Å². The summed E-state index contributed by atoms with van der Waals surface area (Å²) >= 11 is 12.6. The van der Waals surface area contributed by atoms with Crippen molar-refractivity contribution < 1.29 is 0 Å². The monoisotopic (exact) mass is 226 g/mol. The molecule has 0 aromatic rings. The molecule has 14 heavy (non-hydrogen) atoms. The van der Waals surface area contributed by atoms with E-state index in [2.05, 4.69) is 24.3 Å². The fraction of sp³-hybridized carbons (Fsp3) is 0.667. The van der Waals surface area contributed by atoms with E-state index in [1.54, 1.807) is 0 Å². The first-order valence-corrected chi connectivity index (χ1v) is 6.31. The number of hydrogen-bond donors (Lipinski definition) is 0. The van der Waals surface area contributed by atoms with Gasteiger partial charge in [-0.1, -0.05) is 24.3 Å². The van der Waals surface area contributed by atoms with Gasteiger partial charge in [-0.15, -0.1) is 23.2 Å². The third-order valence-electron chi connectivity index (χ3n) is 4.82. The first kappa shape index (κ1) is 8.24. The zero-order valence-corrected chi connectivity index (χ0v) is 9.20. The molecule has 5 rings (SSSR count). The standard InChI is InChI=1S/C12H12Cl2/c13-11-9-7-3-4-8(10(9)12(11)14)6-2-1-5(6)7/h1-12H. The Morgan fingerprint density at radius 3 is 1.29 bits per heavy atom. The molecule has 0 aromatic heterocycles. The van der Waals surface area contributed by atoms with E-state index in [1.165, 1.54) is 0 Å². The van der Waals surface area contributed by atoms with Gasteiger partial charge in [-0.05, 0) is 35.5 Å². The molecular formula is C12H12Cl2. The Balaban J connectivity index is 1.80.